The van der Waals surface area contributed by atoms with E-state index in [1.165, 1.54) is 27.7 Å². The number of hydrogen-bond acceptors (Lipinski definition) is 7. The molecule has 184 valence electrons. The van der Waals surface area contributed by atoms with Crippen LogP contribution in [0.1, 0.15) is 60.3 Å². The number of fused-ring (bicyclic) bond motifs is 2. The number of benzene rings is 1. The van der Waals surface area contributed by atoms with Crippen LogP contribution in [-0.4, -0.2) is 48.5 Å². The van der Waals surface area contributed by atoms with Crippen molar-refractivity contribution in [1.82, 2.24) is 29.6 Å². The quantitative estimate of drug-likeness (QED) is 0.570. The normalized spacial score (nSPS) is 16.7. The number of aryl methyl sites for hydroxylation is 1. The molecular formula is C24H27FN6O4. The Balaban J connectivity index is 1.48. The van der Waals surface area contributed by atoms with Crippen molar-refractivity contribution >= 4 is 5.91 Å². The summed E-state index contributed by atoms with van der Waals surface area (Å²) in [7, 11) is 0. The largest absolute Gasteiger partial charge is 0.501 e. The van der Waals surface area contributed by atoms with Crippen LogP contribution < -0.4 is 10.9 Å². The van der Waals surface area contributed by atoms with Gasteiger partial charge in [0.25, 0.3) is 11.5 Å². The molecule has 3 aromatic rings. The van der Waals surface area contributed by atoms with Crippen LogP contribution in [0.5, 0.6) is 5.75 Å². The Labute approximate surface area is 200 Å². The van der Waals surface area contributed by atoms with Crippen LogP contribution in [0.3, 0.4) is 0 Å². The third-order valence-corrected chi connectivity index (χ3v) is 6.89. The Morgan fingerprint density at radius 2 is 2.11 bits per heavy atom. The first-order valence-electron chi connectivity index (χ1n) is 11.8. The SMILES string of the molecule is CCc1ncnn1-c1c(F)cccc1CNC(=O)c1nc2n(c(=O)c1O)CCOCC21CCCC1. The van der Waals surface area contributed by atoms with E-state index >= 15 is 0 Å². The first kappa shape index (κ1) is 23.2. The molecule has 2 aromatic heterocycles. The first-order valence-corrected chi connectivity index (χ1v) is 11.8. The summed E-state index contributed by atoms with van der Waals surface area (Å²) in [4.78, 5) is 34.8. The van der Waals surface area contributed by atoms with Crippen molar-refractivity contribution in [2.24, 2.45) is 0 Å². The Kier molecular flexibility index (Phi) is 6.10. The van der Waals surface area contributed by atoms with Gasteiger partial charge >= 0.3 is 0 Å². The summed E-state index contributed by atoms with van der Waals surface area (Å²) in [6.07, 6.45) is 5.45. The van der Waals surface area contributed by atoms with E-state index in [0.29, 0.717) is 36.8 Å². The summed E-state index contributed by atoms with van der Waals surface area (Å²) in [6.45, 7) is 2.85. The summed E-state index contributed by atoms with van der Waals surface area (Å²) in [5.41, 5.74) is -0.785. The molecule has 5 rings (SSSR count). The molecule has 1 aliphatic carbocycles. The Hall–Kier alpha value is -3.60. The highest BCUT2D eigenvalue weighted by Gasteiger charge is 2.42. The van der Waals surface area contributed by atoms with Crippen molar-refractivity contribution in [3.8, 4) is 11.4 Å². The fraction of sp³-hybridized carbons (Fsp3) is 0.458. The number of carbonyl (C=O) groups is 1. The van der Waals surface area contributed by atoms with Crippen LogP contribution in [0.25, 0.3) is 5.69 Å². The fourth-order valence-electron chi connectivity index (χ4n) is 5.12. The monoisotopic (exact) mass is 482 g/mol. The molecule has 1 spiro atoms. The summed E-state index contributed by atoms with van der Waals surface area (Å²) in [5.74, 6) is -0.868. The van der Waals surface area contributed by atoms with Crippen LogP contribution in [-0.2, 0) is 29.7 Å². The van der Waals surface area contributed by atoms with Crippen LogP contribution in [0.4, 0.5) is 4.39 Å². The minimum absolute atomic E-state index is 0.0667. The van der Waals surface area contributed by atoms with Gasteiger partial charge in [-0.2, -0.15) is 5.10 Å². The molecule has 0 unspecified atom stereocenters. The molecular weight excluding hydrogens is 455 g/mol. The molecule has 2 aliphatic rings. The molecule has 11 heteroatoms. The van der Waals surface area contributed by atoms with Crippen LogP contribution in [0.15, 0.2) is 29.3 Å². The molecule has 0 atom stereocenters. The number of aromatic nitrogens is 5. The maximum absolute atomic E-state index is 14.8. The molecule has 1 saturated carbocycles. The van der Waals surface area contributed by atoms with Crippen LogP contribution in [0.2, 0.25) is 0 Å². The van der Waals surface area contributed by atoms with Crippen molar-refractivity contribution in [2.75, 3.05) is 13.2 Å². The van der Waals surface area contributed by atoms with E-state index in [9.17, 15) is 19.1 Å². The molecule has 2 N–H and O–H groups in total. The second-order valence-corrected chi connectivity index (χ2v) is 9.00. The lowest BCUT2D eigenvalue weighted by Gasteiger charge is -2.28. The zero-order valence-corrected chi connectivity index (χ0v) is 19.5. The van der Waals surface area contributed by atoms with E-state index in [4.69, 9.17) is 4.74 Å². The van der Waals surface area contributed by atoms with Gasteiger partial charge in [0.15, 0.2) is 5.69 Å². The number of amides is 1. The van der Waals surface area contributed by atoms with Crippen LogP contribution in [0, 0.1) is 5.82 Å². The number of aromatic hydroxyl groups is 1. The highest BCUT2D eigenvalue weighted by Crippen LogP contribution is 2.41. The fourth-order valence-corrected chi connectivity index (χ4v) is 5.12. The number of nitrogens with one attached hydrogen (secondary N) is 1. The average molecular weight is 483 g/mol. The van der Waals surface area contributed by atoms with Crippen molar-refractivity contribution in [3.05, 3.63) is 63.6 Å². The molecule has 3 heterocycles. The molecule has 0 saturated heterocycles. The maximum atomic E-state index is 14.8. The zero-order valence-electron chi connectivity index (χ0n) is 19.5. The lowest BCUT2D eigenvalue weighted by Crippen LogP contribution is -2.38. The van der Waals surface area contributed by atoms with Crippen molar-refractivity contribution < 1.29 is 19.0 Å². The third-order valence-electron chi connectivity index (χ3n) is 6.89. The first-order chi connectivity index (χ1) is 16.9. The molecule has 0 radical (unpaired) electrons. The zero-order chi connectivity index (χ0) is 24.6. The number of carbonyl (C=O) groups excluding carboxylic acids is 1. The number of rotatable bonds is 5. The summed E-state index contributed by atoms with van der Waals surface area (Å²) >= 11 is 0. The molecule has 1 aromatic carbocycles. The van der Waals surface area contributed by atoms with E-state index < -0.39 is 28.4 Å². The van der Waals surface area contributed by atoms with Gasteiger partial charge in [0.2, 0.25) is 5.75 Å². The van der Waals surface area contributed by atoms with Crippen molar-refractivity contribution in [3.63, 3.8) is 0 Å². The predicted molar refractivity (Wildman–Crippen MR) is 123 cm³/mol. The second-order valence-electron chi connectivity index (χ2n) is 9.00. The molecule has 35 heavy (non-hydrogen) atoms. The topological polar surface area (TPSA) is 124 Å². The van der Waals surface area contributed by atoms with Gasteiger partial charge in [-0.05, 0) is 18.9 Å². The summed E-state index contributed by atoms with van der Waals surface area (Å²) in [6, 6.07) is 4.52. The molecule has 10 nitrogen and oxygen atoms in total. The summed E-state index contributed by atoms with van der Waals surface area (Å²) < 4.78 is 23.4. The lowest BCUT2D eigenvalue weighted by molar-refractivity contribution is 0.0911. The van der Waals surface area contributed by atoms with Crippen molar-refractivity contribution in [1.29, 1.82) is 0 Å². The minimum Gasteiger partial charge on any atom is -0.501 e. The van der Waals surface area contributed by atoms with E-state index in [2.05, 4.69) is 20.4 Å². The van der Waals surface area contributed by atoms with Gasteiger partial charge in [-0.15, -0.1) is 0 Å². The molecule has 1 amide bonds. The number of ether oxygens (including phenoxy) is 1. The van der Waals surface area contributed by atoms with E-state index in [0.717, 1.165) is 25.7 Å². The Morgan fingerprint density at radius 3 is 2.89 bits per heavy atom. The van der Waals surface area contributed by atoms with E-state index in [1.807, 2.05) is 6.92 Å². The standard InChI is InChI=1S/C24H27FN6O4/c1-2-17-27-14-28-31(17)19-15(6-5-7-16(19)25)12-26-21(33)18-20(32)22(34)30-10-11-35-13-24(23(30)29-18)8-3-4-9-24/h5-7,14,32H,2-4,8-13H2,1H3,(H,26,33). The van der Waals surface area contributed by atoms with Gasteiger partial charge in [-0.1, -0.05) is 31.9 Å². The van der Waals surface area contributed by atoms with E-state index in [-0.39, 0.29) is 24.5 Å². The Bertz CT molecular complexity index is 1330. The number of hydrogen-bond donors (Lipinski definition) is 2. The minimum atomic E-state index is -0.717. The number of halogens is 1. The molecule has 1 aliphatic heterocycles. The highest BCUT2D eigenvalue weighted by atomic mass is 19.1. The van der Waals surface area contributed by atoms with Gasteiger partial charge in [0, 0.05) is 18.5 Å². The average Bonchev–Trinajstić information content (AvgIpc) is 3.48. The van der Waals surface area contributed by atoms with Gasteiger partial charge in [-0.3, -0.25) is 14.2 Å². The number of nitrogens with zero attached hydrogens (tertiary/aromatic N) is 5. The maximum Gasteiger partial charge on any atom is 0.296 e. The lowest BCUT2D eigenvalue weighted by atomic mass is 9.86. The van der Waals surface area contributed by atoms with Crippen molar-refractivity contribution in [2.45, 2.75) is 57.5 Å². The summed E-state index contributed by atoms with van der Waals surface area (Å²) in [5, 5.41) is 17.4. The third kappa shape index (κ3) is 3.99. The van der Waals surface area contributed by atoms with Gasteiger partial charge in [-0.25, -0.2) is 19.0 Å². The van der Waals surface area contributed by atoms with Gasteiger partial charge in [0.1, 0.15) is 29.5 Å². The Morgan fingerprint density at radius 1 is 1.31 bits per heavy atom. The van der Waals surface area contributed by atoms with Gasteiger partial charge < -0.3 is 15.2 Å². The van der Waals surface area contributed by atoms with E-state index in [1.54, 1.807) is 6.07 Å². The number of para-hydroxylation sites is 1. The van der Waals surface area contributed by atoms with Gasteiger partial charge in [0.05, 0.1) is 25.2 Å². The smallest absolute Gasteiger partial charge is 0.296 e. The predicted octanol–water partition coefficient (Wildman–Crippen LogP) is 2.00. The molecule has 1 fully saturated rings. The van der Waals surface area contributed by atoms with Crippen LogP contribution >= 0.6 is 0 Å². The molecule has 0 bridgehead atoms. The highest BCUT2D eigenvalue weighted by molar-refractivity contribution is 5.94. The second kappa shape index (κ2) is 9.21.